The monoisotopic (exact) mass is 730 g/mol. The summed E-state index contributed by atoms with van der Waals surface area (Å²) in [5.74, 6) is 5.48. The van der Waals surface area contributed by atoms with Crippen molar-refractivity contribution in [2.24, 2.45) is 0 Å². The van der Waals surface area contributed by atoms with Gasteiger partial charge < -0.3 is 47.7 Å². The van der Waals surface area contributed by atoms with E-state index in [9.17, 15) is 5.11 Å². The summed E-state index contributed by atoms with van der Waals surface area (Å²) >= 11 is 0. The lowest BCUT2D eigenvalue weighted by molar-refractivity contribution is 0.223. The SMILES string of the molecule is COc1cc(Oc2ccc(C[C@H]3c4cc(OC)c(OC)c(OC)c4CCN3C)cc2OC)c([C@H]2c3cc(OC)c(OC)c(O)c3CCN2C)cc1OC. The standard InChI is InChI=1S/C41H50N2O10/c1-42-15-14-25-26(19-36(49-7)41(52-10)39(25)50-8)29(42)17-23-11-12-30(32(18-23)45-3)53-31-22-34(47-5)33(46-4)21-28(31)37-27-20-35(48-6)40(51-9)38(44)24(27)13-16-43(37)2/h11-12,18-22,29,37,44H,13-17H2,1-10H3/t29-,37+/m0/s1. The molecule has 0 saturated carbocycles. The molecule has 0 saturated heterocycles. The first-order valence-corrected chi connectivity index (χ1v) is 17.5. The smallest absolute Gasteiger partial charge is 0.203 e. The first kappa shape index (κ1) is 37.6. The lowest BCUT2D eigenvalue weighted by atomic mass is 9.86. The van der Waals surface area contributed by atoms with E-state index >= 15 is 0 Å². The minimum atomic E-state index is -0.334. The van der Waals surface area contributed by atoms with E-state index in [0.29, 0.717) is 76.9 Å². The van der Waals surface area contributed by atoms with E-state index in [1.807, 2.05) is 37.4 Å². The third-order valence-electron chi connectivity index (χ3n) is 10.5. The molecule has 2 aliphatic heterocycles. The zero-order valence-corrected chi connectivity index (χ0v) is 32.2. The molecule has 0 aromatic heterocycles. The quantitative estimate of drug-likeness (QED) is 0.160. The molecule has 0 radical (unpaired) electrons. The predicted molar refractivity (Wildman–Crippen MR) is 201 cm³/mol. The Morgan fingerprint density at radius 2 is 1.08 bits per heavy atom. The molecule has 0 fully saturated rings. The second-order valence-corrected chi connectivity index (χ2v) is 13.2. The number of aromatic hydroxyl groups is 1. The number of likely N-dealkylation sites (N-methyl/N-ethyl adjacent to an activating group) is 2. The van der Waals surface area contributed by atoms with Crippen molar-refractivity contribution >= 4 is 0 Å². The number of ether oxygens (including phenoxy) is 9. The highest BCUT2D eigenvalue weighted by atomic mass is 16.5. The molecule has 0 unspecified atom stereocenters. The van der Waals surface area contributed by atoms with Crippen LogP contribution in [0.4, 0.5) is 0 Å². The van der Waals surface area contributed by atoms with Crippen LogP contribution in [0.2, 0.25) is 0 Å². The zero-order valence-electron chi connectivity index (χ0n) is 32.2. The van der Waals surface area contributed by atoms with E-state index in [1.54, 1.807) is 49.8 Å². The Labute approximate surface area is 311 Å². The molecule has 0 bridgehead atoms. The number of hydrogen-bond donors (Lipinski definition) is 1. The summed E-state index contributed by atoms with van der Waals surface area (Å²) in [4.78, 5) is 4.56. The van der Waals surface area contributed by atoms with Crippen molar-refractivity contribution < 1.29 is 47.7 Å². The maximum atomic E-state index is 11.3. The number of nitrogens with zero attached hydrogens (tertiary/aromatic N) is 2. The molecule has 12 heteroatoms. The highest BCUT2D eigenvalue weighted by molar-refractivity contribution is 5.64. The van der Waals surface area contributed by atoms with Crippen LogP contribution in [0.25, 0.3) is 0 Å². The highest BCUT2D eigenvalue weighted by Crippen LogP contribution is 2.51. The summed E-state index contributed by atoms with van der Waals surface area (Å²) in [7, 11) is 17.0. The van der Waals surface area contributed by atoms with Gasteiger partial charge in [-0.1, -0.05) is 6.07 Å². The Morgan fingerprint density at radius 1 is 0.528 bits per heavy atom. The summed E-state index contributed by atoms with van der Waals surface area (Å²) in [6, 6.07) is 13.5. The average Bonchev–Trinajstić information content (AvgIpc) is 3.18. The van der Waals surface area contributed by atoms with Crippen molar-refractivity contribution in [1.82, 2.24) is 9.80 Å². The number of methoxy groups -OCH3 is 8. The topological polar surface area (TPSA) is 110 Å². The Balaban J connectivity index is 1.40. The van der Waals surface area contributed by atoms with Crippen LogP contribution in [-0.2, 0) is 19.3 Å². The molecular formula is C41H50N2O10. The molecule has 4 aromatic rings. The van der Waals surface area contributed by atoms with Crippen molar-refractivity contribution in [2.45, 2.75) is 31.3 Å². The summed E-state index contributed by atoms with van der Waals surface area (Å²) in [5, 5.41) is 11.3. The normalized spacial score (nSPS) is 16.9. The van der Waals surface area contributed by atoms with Gasteiger partial charge in [0.2, 0.25) is 11.5 Å². The molecule has 2 aliphatic rings. The van der Waals surface area contributed by atoms with Crippen LogP contribution in [0.15, 0.2) is 42.5 Å². The minimum Gasteiger partial charge on any atom is -0.504 e. The maximum Gasteiger partial charge on any atom is 0.203 e. The van der Waals surface area contributed by atoms with E-state index in [4.69, 9.17) is 42.6 Å². The molecule has 6 rings (SSSR count). The van der Waals surface area contributed by atoms with Crippen LogP contribution in [0.3, 0.4) is 0 Å². The van der Waals surface area contributed by atoms with Gasteiger partial charge in [0.15, 0.2) is 46.0 Å². The zero-order chi connectivity index (χ0) is 38.0. The summed E-state index contributed by atoms with van der Waals surface area (Å²) < 4.78 is 52.7. The third kappa shape index (κ3) is 6.77. The molecule has 0 spiro atoms. The number of hydrogen-bond acceptors (Lipinski definition) is 12. The summed E-state index contributed by atoms with van der Waals surface area (Å²) in [6.45, 7) is 1.54. The van der Waals surface area contributed by atoms with Crippen LogP contribution >= 0.6 is 0 Å². The summed E-state index contributed by atoms with van der Waals surface area (Å²) in [6.07, 6.45) is 2.16. The highest BCUT2D eigenvalue weighted by Gasteiger charge is 2.35. The first-order chi connectivity index (χ1) is 25.7. The molecule has 12 nitrogen and oxygen atoms in total. The predicted octanol–water partition coefficient (Wildman–Crippen LogP) is 6.60. The third-order valence-corrected chi connectivity index (χ3v) is 10.5. The Morgan fingerprint density at radius 3 is 1.72 bits per heavy atom. The number of rotatable bonds is 13. The van der Waals surface area contributed by atoms with E-state index in [2.05, 4.69) is 29.0 Å². The molecule has 2 heterocycles. The fourth-order valence-corrected chi connectivity index (χ4v) is 7.78. The van der Waals surface area contributed by atoms with Crippen molar-refractivity contribution in [3.05, 3.63) is 75.8 Å². The lowest BCUT2D eigenvalue weighted by Gasteiger charge is -2.37. The second-order valence-electron chi connectivity index (χ2n) is 13.2. The van der Waals surface area contributed by atoms with Gasteiger partial charge in [-0.3, -0.25) is 9.80 Å². The molecule has 0 aliphatic carbocycles. The Hall–Kier alpha value is -5.20. The molecule has 53 heavy (non-hydrogen) atoms. The number of fused-ring (bicyclic) bond motifs is 2. The number of phenolic OH excluding ortho intramolecular Hbond substituents is 1. The molecule has 2 atom stereocenters. The fraction of sp³-hybridized carbons (Fsp3) is 0.415. The van der Waals surface area contributed by atoms with Gasteiger partial charge in [-0.05, 0) is 80.4 Å². The van der Waals surface area contributed by atoms with Crippen LogP contribution in [0.1, 0.15) is 45.5 Å². The second kappa shape index (κ2) is 15.8. The molecule has 4 aromatic carbocycles. The van der Waals surface area contributed by atoms with Crippen LogP contribution in [0.5, 0.6) is 63.2 Å². The minimum absolute atomic E-state index is 0.0512. The van der Waals surface area contributed by atoms with Crippen molar-refractivity contribution in [2.75, 3.05) is 84.1 Å². The molecular weight excluding hydrogens is 680 g/mol. The van der Waals surface area contributed by atoms with Gasteiger partial charge >= 0.3 is 0 Å². The molecule has 0 amide bonds. The van der Waals surface area contributed by atoms with Gasteiger partial charge in [-0.2, -0.15) is 0 Å². The Bertz CT molecular complexity index is 1960. The van der Waals surface area contributed by atoms with Crippen molar-refractivity contribution in [3.8, 4) is 63.2 Å². The van der Waals surface area contributed by atoms with Gasteiger partial charge in [0.05, 0.1) is 62.9 Å². The average molecular weight is 731 g/mol. The van der Waals surface area contributed by atoms with Crippen molar-refractivity contribution in [3.63, 3.8) is 0 Å². The largest absolute Gasteiger partial charge is 0.504 e. The first-order valence-electron chi connectivity index (χ1n) is 17.5. The van der Waals surface area contributed by atoms with E-state index in [0.717, 1.165) is 46.3 Å². The summed E-state index contributed by atoms with van der Waals surface area (Å²) in [5.41, 5.74) is 5.80. The van der Waals surface area contributed by atoms with Gasteiger partial charge in [-0.25, -0.2) is 0 Å². The molecule has 1 N–H and O–H groups in total. The van der Waals surface area contributed by atoms with Gasteiger partial charge in [0, 0.05) is 41.9 Å². The van der Waals surface area contributed by atoms with E-state index in [-0.39, 0.29) is 17.8 Å². The maximum absolute atomic E-state index is 11.3. The van der Waals surface area contributed by atoms with E-state index in [1.165, 1.54) is 7.11 Å². The molecule has 284 valence electrons. The Kier molecular flexibility index (Phi) is 11.2. The van der Waals surface area contributed by atoms with Crippen LogP contribution in [-0.4, -0.2) is 99.0 Å². The number of phenols is 1. The van der Waals surface area contributed by atoms with Crippen molar-refractivity contribution in [1.29, 1.82) is 0 Å². The van der Waals surface area contributed by atoms with Gasteiger partial charge in [-0.15, -0.1) is 0 Å². The number of benzene rings is 4. The van der Waals surface area contributed by atoms with Gasteiger partial charge in [0.1, 0.15) is 5.75 Å². The van der Waals surface area contributed by atoms with E-state index < -0.39 is 0 Å². The lowest BCUT2D eigenvalue weighted by Crippen LogP contribution is -2.33. The fourth-order valence-electron chi connectivity index (χ4n) is 7.78. The van der Waals surface area contributed by atoms with Crippen LogP contribution in [0, 0.1) is 0 Å². The van der Waals surface area contributed by atoms with Crippen LogP contribution < -0.4 is 42.6 Å². The van der Waals surface area contributed by atoms with Gasteiger partial charge in [0.25, 0.3) is 0 Å².